The number of aryl methyl sites for hydroxylation is 2. The van der Waals surface area contributed by atoms with E-state index in [4.69, 9.17) is 5.11 Å². The predicted octanol–water partition coefficient (Wildman–Crippen LogP) is 7.11. The lowest BCUT2D eigenvalue weighted by Gasteiger charge is -2.18. The summed E-state index contributed by atoms with van der Waals surface area (Å²) >= 11 is 0. The van der Waals surface area contributed by atoms with Gasteiger partial charge < -0.3 is 19.6 Å². The van der Waals surface area contributed by atoms with Crippen molar-refractivity contribution >= 4 is 47.3 Å². The largest absolute Gasteiger partial charge is 0.478 e. The molecule has 0 radical (unpaired) electrons. The third kappa shape index (κ3) is 10.1. The molecule has 0 bridgehead atoms. The number of carboxylic acid groups (broad SMARTS) is 1. The number of hydrogen-bond acceptors (Lipinski definition) is 5. The number of ether oxygens (including phenoxy) is 1. The molecule has 0 atom stereocenters. The van der Waals surface area contributed by atoms with Gasteiger partial charge in [0, 0.05) is 48.7 Å². The average molecular weight is 641 g/mol. The Labute approximate surface area is 271 Å². The molecule has 4 aromatic rings. The molecule has 242 valence electrons. The monoisotopic (exact) mass is 640 g/mol. The zero-order chi connectivity index (χ0) is 34.7. The molecule has 4 rings (SSSR count). The molecule has 1 N–H and O–H groups in total. The highest BCUT2D eigenvalue weighted by Gasteiger charge is 2.16. The Morgan fingerprint density at radius 1 is 0.660 bits per heavy atom. The number of hydrogen-bond donors (Lipinski definition) is 1. The minimum atomic E-state index is -1.05. The standard InChI is InChI=1S/C19H18FNO3.C18H16FNO3/c1-13-11-16(8-9-17(13)20)21(2)19(23)15-6-4-5-14(12-15)7-10-18(22)24-3;1-12-10-15(7-8-16(12)19)20(2)18(23)14-5-3-4-13(11-14)6-9-17(21)22/h4-12H,1-3H3;3-11H,1-2H3,(H,21,22)/b10-7+;9-6+. The fraction of sp³-hybridized carbons (Fsp3) is 0.135. The molecule has 47 heavy (non-hydrogen) atoms. The second kappa shape index (κ2) is 16.4. The number of methoxy groups -OCH3 is 1. The minimum absolute atomic E-state index is 0.227. The van der Waals surface area contributed by atoms with Crippen LogP contribution in [-0.2, 0) is 14.3 Å². The van der Waals surface area contributed by atoms with Crippen LogP contribution in [0.2, 0.25) is 0 Å². The van der Waals surface area contributed by atoms with Gasteiger partial charge >= 0.3 is 11.9 Å². The van der Waals surface area contributed by atoms with E-state index in [1.807, 2.05) is 0 Å². The number of carbonyl (C=O) groups is 4. The van der Waals surface area contributed by atoms with Crippen molar-refractivity contribution in [3.63, 3.8) is 0 Å². The summed E-state index contributed by atoms with van der Waals surface area (Å²) in [5.74, 6) is -2.65. The van der Waals surface area contributed by atoms with E-state index in [0.29, 0.717) is 44.8 Å². The van der Waals surface area contributed by atoms with Crippen molar-refractivity contribution in [3.05, 3.63) is 142 Å². The molecule has 10 heteroatoms. The Morgan fingerprint density at radius 2 is 1.09 bits per heavy atom. The van der Waals surface area contributed by atoms with Gasteiger partial charge in [0.05, 0.1) is 7.11 Å². The molecule has 0 saturated heterocycles. The summed E-state index contributed by atoms with van der Waals surface area (Å²) in [7, 11) is 4.53. The summed E-state index contributed by atoms with van der Waals surface area (Å²) in [5.41, 5.74) is 4.32. The van der Waals surface area contributed by atoms with Crippen molar-refractivity contribution in [3.8, 4) is 0 Å². The molecule has 0 aliphatic rings. The smallest absolute Gasteiger partial charge is 0.330 e. The number of anilines is 2. The molecule has 4 aromatic carbocycles. The van der Waals surface area contributed by atoms with Crippen LogP contribution in [0.15, 0.2) is 97.1 Å². The number of esters is 1. The lowest BCUT2D eigenvalue weighted by Crippen LogP contribution is -2.26. The molecule has 0 spiro atoms. The Morgan fingerprint density at radius 3 is 1.47 bits per heavy atom. The van der Waals surface area contributed by atoms with E-state index in [-0.39, 0.29) is 23.4 Å². The average Bonchev–Trinajstić information content (AvgIpc) is 3.07. The fourth-order valence-corrected chi connectivity index (χ4v) is 4.25. The highest BCUT2D eigenvalue weighted by molar-refractivity contribution is 6.07. The van der Waals surface area contributed by atoms with Gasteiger partial charge in [0.25, 0.3) is 11.8 Å². The van der Waals surface area contributed by atoms with Crippen LogP contribution >= 0.6 is 0 Å². The number of benzene rings is 4. The van der Waals surface area contributed by atoms with Crippen LogP contribution in [0.3, 0.4) is 0 Å². The Bertz CT molecular complexity index is 1850. The second-order valence-electron chi connectivity index (χ2n) is 10.4. The quantitative estimate of drug-likeness (QED) is 0.163. The first-order chi connectivity index (χ1) is 22.3. The van der Waals surface area contributed by atoms with Gasteiger partial charge in [-0.3, -0.25) is 9.59 Å². The molecule has 0 saturated carbocycles. The van der Waals surface area contributed by atoms with Crippen molar-refractivity contribution in [1.82, 2.24) is 0 Å². The molecule has 0 fully saturated rings. The van der Waals surface area contributed by atoms with E-state index in [1.165, 1.54) is 47.3 Å². The summed E-state index contributed by atoms with van der Waals surface area (Å²) < 4.78 is 31.2. The first-order valence-corrected chi connectivity index (χ1v) is 14.3. The molecule has 8 nitrogen and oxygen atoms in total. The van der Waals surface area contributed by atoms with Crippen LogP contribution in [-0.4, -0.2) is 50.1 Å². The van der Waals surface area contributed by atoms with Crippen molar-refractivity contribution in [2.75, 3.05) is 31.0 Å². The van der Waals surface area contributed by atoms with Gasteiger partial charge in [-0.05, 0) is 109 Å². The van der Waals surface area contributed by atoms with Crippen molar-refractivity contribution in [1.29, 1.82) is 0 Å². The van der Waals surface area contributed by atoms with Crippen molar-refractivity contribution in [2.45, 2.75) is 13.8 Å². The third-order valence-corrected chi connectivity index (χ3v) is 6.97. The Balaban J connectivity index is 0.000000256. The Hall–Kier alpha value is -5.90. The summed E-state index contributed by atoms with van der Waals surface area (Å²) in [6, 6.07) is 22.5. The maximum Gasteiger partial charge on any atom is 0.330 e. The second-order valence-corrected chi connectivity index (χ2v) is 10.4. The maximum absolute atomic E-state index is 13.4. The van der Waals surface area contributed by atoms with E-state index >= 15 is 0 Å². The van der Waals surface area contributed by atoms with E-state index in [2.05, 4.69) is 4.74 Å². The highest BCUT2D eigenvalue weighted by Crippen LogP contribution is 2.21. The van der Waals surface area contributed by atoms with Crippen molar-refractivity contribution in [2.24, 2.45) is 0 Å². The normalized spacial score (nSPS) is 10.7. The minimum Gasteiger partial charge on any atom is -0.478 e. The van der Waals surface area contributed by atoms with E-state index in [9.17, 15) is 28.0 Å². The van der Waals surface area contributed by atoms with Crippen LogP contribution in [0.1, 0.15) is 43.0 Å². The van der Waals surface area contributed by atoms with Gasteiger partial charge in [-0.25, -0.2) is 18.4 Å². The lowest BCUT2D eigenvalue weighted by atomic mass is 10.1. The van der Waals surface area contributed by atoms with Crippen LogP contribution in [0.4, 0.5) is 20.2 Å². The van der Waals surface area contributed by atoms with E-state index < -0.39 is 11.9 Å². The molecule has 0 heterocycles. The van der Waals surface area contributed by atoms with Crippen LogP contribution in [0, 0.1) is 25.5 Å². The van der Waals surface area contributed by atoms with E-state index in [1.54, 1.807) is 101 Å². The van der Waals surface area contributed by atoms with Gasteiger partial charge in [0.2, 0.25) is 0 Å². The predicted molar refractivity (Wildman–Crippen MR) is 178 cm³/mol. The lowest BCUT2D eigenvalue weighted by molar-refractivity contribution is -0.135. The first-order valence-electron chi connectivity index (χ1n) is 14.3. The number of halogens is 2. The Kier molecular flexibility index (Phi) is 12.4. The number of nitrogens with zero attached hydrogens (tertiary/aromatic N) is 2. The molecule has 0 aliphatic heterocycles. The summed E-state index contributed by atoms with van der Waals surface area (Å²) in [4.78, 5) is 49.7. The van der Waals surface area contributed by atoms with E-state index in [0.717, 1.165) is 6.08 Å². The zero-order valence-corrected chi connectivity index (χ0v) is 26.5. The highest BCUT2D eigenvalue weighted by atomic mass is 19.1. The van der Waals surface area contributed by atoms with Crippen LogP contribution in [0.5, 0.6) is 0 Å². The van der Waals surface area contributed by atoms with Gasteiger partial charge in [0.1, 0.15) is 11.6 Å². The number of amides is 2. The number of aliphatic carboxylic acids is 1. The molecule has 0 unspecified atom stereocenters. The molecular formula is C37H34F2N2O6. The summed E-state index contributed by atoms with van der Waals surface area (Å²) in [6.45, 7) is 3.28. The molecule has 0 aromatic heterocycles. The first kappa shape index (κ1) is 35.6. The third-order valence-electron chi connectivity index (χ3n) is 6.97. The van der Waals surface area contributed by atoms with Gasteiger partial charge in [-0.1, -0.05) is 24.3 Å². The number of carbonyl (C=O) groups excluding carboxylic acids is 3. The molecular weight excluding hydrogens is 606 g/mol. The summed E-state index contributed by atoms with van der Waals surface area (Å²) in [6.07, 6.45) is 5.29. The van der Waals surface area contributed by atoms with Gasteiger partial charge in [-0.15, -0.1) is 0 Å². The van der Waals surface area contributed by atoms with Gasteiger partial charge in [-0.2, -0.15) is 0 Å². The fourth-order valence-electron chi connectivity index (χ4n) is 4.25. The SMILES string of the molecule is COC(=O)/C=C/c1cccc(C(=O)N(C)c2ccc(F)c(C)c2)c1.Cc1cc(N(C)C(=O)c2cccc(/C=C/C(=O)O)c2)ccc1F. The van der Waals surface area contributed by atoms with Crippen molar-refractivity contribution < 1.29 is 37.8 Å². The topological polar surface area (TPSA) is 104 Å². The summed E-state index contributed by atoms with van der Waals surface area (Å²) in [5, 5.41) is 8.65. The molecule has 2 amide bonds. The number of rotatable bonds is 8. The maximum atomic E-state index is 13.4. The molecule has 0 aliphatic carbocycles. The zero-order valence-electron chi connectivity index (χ0n) is 26.5. The van der Waals surface area contributed by atoms with Gasteiger partial charge in [0.15, 0.2) is 0 Å². The van der Waals surface area contributed by atoms with Crippen LogP contribution < -0.4 is 9.80 Å². The number of carboxylic acids is 1. The van der Waals surface area contributed by atoms with Crippen LogP contribution in [0.25, 0.3) is 12.2 Å².